The molecule has 1 aromatic rings. The van der Waals surface area contributed by atoms with Gasteiger partial charge in [-0.2, -0.15) is 0 Å². The van der Waals surface area contributed by atoms with E-state index in [9.17, 15) is 0 Å². The molecule has 0 aliphatic carbocycles. The van der Waals surface area contributed by atoms with Crippen molar-refractivity contribution in [3.05, 3.63) is 35.9 Å². The second-order valence-corrected chi connectivity index (χ2v) is 3.85. The number of nitrogens with one attached hydrogen (secondary N) is 1. The van der Waals surface area contributed by atoms with E-state index in [0.717, 1.165) is 5.84 Å². The molecular formula is C11H15N5S. The Balaban J connectivity index is 2.16. The molecule has 0 saturated heterocycles. The van der Waals surface area contributed by atoms with Crippen LogP contribution in [0.25, 0.3) is 0 Å². The summed E-state index contributed by atoms with van der Waals surface area (Å²) in [7, 11) is 1.78. The Morgan fingerprint density at radius 2 is 2.18 bits per heavy atom. The molecule has 0 spiro atoms. The van der Waals surface area contributed by atoms with Crippen LogP contribution >= 0.6 is 12.2 Å². The van der Waals surface area contributed by atoms with Gasteiger partial charge in [0.05, 0.1) is 5.49 Å². The van der Waals surface area contributed by atoms with Gasteiger partial charge in [-0.15, -0.1) is 5.12 Å². The van der Waals surface area contributed by atoms with Crippen molar-refractivity contribution in [3.8, 4) is 0 Å². The minimum atomic E-state index is -0.432. The van der Waals surface area contributed by atoms with Crippen LogP contribution < -0.4 is 11.2 Å². The van der Waals surface area contributed by atoms with Crippen molar-refractivity contribution in [2.75, 3.05) is 7.05 Å². The molecule has 2 rings (SSSR count). The lowest BCUT2D eigenvalue weighted by Crippen LogP contribution is -2.53. The van der Waals surface area contributed by atoms with E-state index in [1.54, 1.807) is 17.2 Å². The number of hydrogen-bond acceptors (Lipinski definition) is 5. The zero-order valence-electron chi connectivity index (χ0n) is 9.58. The topological polar surface area (TPSA) is 56.9 Å². The van der Waals surface area contributed by atoms with Gasteiger partial charge in [-0.25, -0.2) is 15.4 Å². The van der Waals surface area contributed by atoms with Gasteiger partial charge >= 0.3 is 0 Å². The Bertz CT molecular complexity index is 419. The smallest absolute Gasteiger partial charge is 0.187 e. The Morgan fingerprint density at radius 3 is 2.76 bits per heavy atom. The van der Waals surface area contributed by atoms with E-state index in [2.05, 4.69) is 22.6 Å². The van der Waals surface area contributed by atoms with E-state index in [-0.39, 0.29) is 0 Å². The average molecular weight is 249 g/mol. The maximum atomic E-state index is 5.87. The fourth-order valence-corrected chi connectivity index (χ4v) is 2.00. The number of aliphatic imine (C=N–C) groups is 1. The summed E-state index contributed by atoms with van der Waals surface area (Å²) in [5.74, 6) is 0.841. The third-order valence-corrected chi connectivity index (χ3v) is 2.76. The van der Waals surface area contributed by atoms with Gasteiger partial charge in [0.15, 0.2) is 6.29 Å². The molecular weight excluding hydrogens is 234 g/mol. The van der Waals surface area contributed by atoms with Crippen molar-refractivity contribution in [1.82, 2.24) is 15.6 Å². The number of amidine groups is 1. The second-order valence-electron chi connectivity index (χ2n) is 3.64. The summed E-state index contributed by atoms with van der Waals surface area (Å²) < 4.78 is 0. The molecule has 1 aliphatic heterocycles. The molecule has 1 heterocycles. The number of hydrazine groups is 2. The van der Waals surface area contributed by atoms with E-state index < -0.39 is 6.29 Å². The minimum absolute atomic E-state index is 0.432. The van der Waals surface area contributed by atoms with Gasteiger partial charge < -0.3 is 0 Å². The molecule has 0 radical (unpaired) electrons. The van der Waals surface area contributed by atoms with E-state index in [4.69, 9.17) is 18.0 Å². The second kappa shape index (κ2) is 5.33. The van der Waals surface area contributed by atoms with Crippen LogP contribution in [0, 0.1) is 0 Å². The summed E-state index contributed by atoms with van der Waals surface area (Å²) in [5, 5.41) is 3.44. The molecule has 1 unspecified atom stereocenters. The number of hydrogen-bond donors (Lipinski definition) is 2. The largest absolute Gasteiger partial charge is 0.295 e. The highest BCUT2D eigenvalue weighted by Gasteiger charge is 2.29. The number of nitrogens with two attached hydrogens (primary N) is 1. The normalized spacial score (nSPS) is 20.5. The summed E-state index contributed by atoms with van der Waals surface area (Å²) in [6, 6.07) is 10.1. The SMILES string of the molecule is CNN1C(N)N=C(Cc2ccccc2)N1C=S. The van der Waals surface area contributed by atoms with E-state index in [0.29, 0.717) is 6.42 Å². The number of nitrogens with zero attached hydrogens (tertiary/aromatic N) is 3. The summed E-state index contributed by atoms with van der Waals surface area (Å²) in [4.78, 5) is 4.37. The van der Waals surface area contributed by atoms with Crippen LogP contribution in [-0.2, 0) is 6.42 Å². The molecule has 6 heteroatoms. The minimum Gasteiger partial charge on any atom is -0.295 e. The number of thiocarbonyl (C=S) groups is 1. The predicted octanol–water partition coefficient (Wildman–Crippen LogP) is 0.494. The Morgan fingerprint density at radius 1 is 1.47 bits per heavy atom. The first-order valence-electron chi connectivity index (χ1n) is 5.33. The summed E-state index contributed by atoms with van der Waals surface area (Å²) in [6.45, 7) is 0. The van der Waals surface area contributed by atoms with Crippen molar-refractivity contribution >= 4 is 23.5 Å². The summed E-state index contributed by atoms with van der Waals surface area (Å²) in [5.41, 5.74) is 11.5. The molecule has 1 aromatic carbocycles. The van der Waals surface area contributed by atoms with Crippen molar-refractivity contribution in [3.63, 3.8) is 0 Å². The van der Waals surface area contributed by atoms with Crippen LogP contribution in [0.1, 0.15) is 5.56 Å². The Kier molecular flexibility index (Phi) is 3.80. The van der Waals surface area contributed by atoms with Crippen LogP contribution in [0.4, 0.5) is 0 Å². The first-order chi connectivity index (χ1) is 8.26. The Hall–Kier alpha value is -1.34. The van der Waals surface area contributed by atoms with Gasteiger partial charge in [-0.1, -0.05) is 42.5 Å². The Labute approximate surface area is 106 Å². The third-order valence-electron chi connectivity index (χ3n) is 2.56. The molecule has 17 heavy (non-hydrogen) atoms. The first-order valence-corrected chi connectivity index (χ1v) is 5.80. The molecule has 1 aliphatic rings. The molecule has 0 aromatic heterocycles. The fourth-order valence-electron chi connectivity index (χ4n) is 1.78. The van der Waals surface area contributed by atoms with Gasteiger partial charge in [0.2, 0.25) is 0 Å². The van der Waals surface area contributed by atoms with Crippen molar-refractivity contribution in [1.29, 1.82) is 0 Å². The van der Waals surface area contributed by atoms with Gasteiger partial charge in [0.25, 0.3) is 0 Å². The predicted molar refractivity (Wildman–Crippen MR) is 71.9 cm³/mol. The average Bonchev–Trinajstić information content (AvgIpc) is 2.65. The monoisotopic (exact) mass is 249 g/mol. The van der Waals surface area contributed by atoms with Crippen LogP contribution in [0.15, 0.2) is 35.3 Å². The molecule has 0 bridgehead atoms. The highest BCUT2D eigenvalue weighted by atomic mass is 32.1. The highest BCUT2D eigenvalue weighted by Crippen LogP contribution is 2.12. The van der Waals surface area contributed by atoms with Gasteiger partial charge in [0.1, 0.15) is 5.84 Å². The zero-order valence-corrected chi connectivity index (χ0v) is 10.4. The molecule has 3 N–H and O–H groups in total. The van der Waals surface area contributed by atoms with E-state index in [1.165, 1.54) is 11.1 Å². The molecule has 0 amide bonds. The van der Waals surface area contributed by atoms with E-state index in [1.807, 2.05) is 18.2 Å². The number of rotatable bonds is 4. The summed E-state index contributed by atoms with van der Waals surface area (Å²) in [6.07, 6.45) is 0.276. The lowest BCUT2D eigenvalue weighted by Gasteiger charge is -2.27. The number of benzene rings is 1. The van der Waals surface area contributed by atoms with Crippen LogP contribution in [0.3, 0.4) is 0 Å². The fraction of sp³-hybridized carbons (Fsp3) is 0.273. The van der Waals surface area contributed by atoms with Crippen molar-refractivity contribution in [2.45, 2.75) is 12.7 Å². The lowest BCUT2D eigenvalue weighted by atomic mass is 10.1. The molecule has 0 fully saturated rings. The van der Waals surface area contributed by atoms with Gasteiger partial charge in [-0.05, 0) is 5.56 Å². The molecule has 0 saturated carbocycles. The first kappa shape index (κ1) is 12.1. The zero-order chi connectivity index (χ0) is 12.3. The van der Waals surface area contributed by atoms with Crippen LogP contribution in [0.2, 0.25) is 0 Å². The molecule has 90 valence electrons. The van der Waals surface area contributed by atoms with Crippen molar-refractivity contribution < 1.29 is 0 Å². The van der Waals surface area contributed by atoms with Crippen molar-refractivity contribution in [2.24, 2.45) is 10.7 Å². The highest BCUT2D eigenvalue weighted by molar-refractivity contribution is 7.78. The van der Waals surface area contributed by atoms with E-state index >= 15 is 0 Å². The van der Waals surface area contributed by atoms with Crippen LogP contribution in [0.5, 0.6) is 0 Å². The quantitative estimate of drug-likeness (QED) is 0.761. The molecule has 1 atom stereocenters. The van der Waals surface area contributed by atoms with Gasteiger partial charge in [-0.3, -0.25) is 5.73 Å². The van der Waals surface area contributed by atoms with Gasteiger partial charge in [0, 0.05) is 13.5 Å². The van der Waals surface area contributed by atoms with Crippen LogP contribution in [-0.4, -0.2) is 34.8 Å². The lowest BCUT2D eigenvalue weighted by molar-refractivity contribution is 0.0396. The third kappa shape index (κ3) is 2.50. The maximum absolute atomic E-state index is 5.87. The summed E-state index contributed by atoms with van der Waals surface area (Å²) >= 11 is 4.98. The standard InChI is InChI=1S/C11H15N5S/c1-13-16-11(12)14-10(15(16)8-17)7-9-5-3-2-4-6-9/h2-6,8,11,13H,7,12H2,1H3. The molecule has 5 nitrogen and oxygen atoms in total. The maximum Gasteiger partial charge on any atom is 0.187 e.